The highest BCUT2D eigenvalue weighted by atomic mass is 32.2. The molecule has 0 radical (unpaired) electrons. The summed E-state index contributed by atoms with van der Waals surface area (Å²) >= 11 is 0. The van der Waals surface area contributed by atoms with Gasteiger partial charge in [0.15, 0.2) is 0 Å². The predicted octanol–water partition coefficient (Wildman–Crippen LogP) is 3.59. The number of hydrogen-bond donors (Lipinski definition) is 0. The highest BCUT2D eigenvalue weighted by molar-refractivity contribution is 7.89. The highest BCUT2D eigenvalue weighted by Gasteiger charge is 2.36. The summed E-state index contributed by atoms with van der Waals surface area (Å²) in [5.74, 6) is -0.196. The maximum atomic E-state index is 13.4. The number of hydrogen-bond acceptors (Lipinski definition) is 4. The van der Waals surface area contributed by atoms with Crippen molar-refractivity contribution in [2.45, 2.75) is 17.7 Å². The van der Waals surface area contributed by atoms with Crippen LogP contribution in [0, 0.1) is 5.92 Å². The average Bonchev–Trinajstić information content (AvgIpc) is 2.88. The number of rotatable bonds is 4. The van der Waals surface area contributed by atoms with Crippen molar-refractivity contribution in [2.75, 3.05) is 44.2 Å². The van der Waals surface area contributed by atoms with Crippen LogP contribution in [0.4, 0.5) is 5.69 Å². The summed E-state index contributed by atoms with van der Waals surface area (Å²) in [7, 11) is -3.64. The summed E-state index contributed by atoms with van der Waals surface area (Å²) in [4.78, 5) is 17.8. The Balaban J connectivity index is 1.26. The first kappa shape index (κ1) is 21.9. The molecule has 0 bridgehead atoms. The first-order chi connectivity index (χ1) is 16.0. The number of nitrogens with zero attached hydrogens (tertiary/aromatic N) is 3. The molecule has 2 aliphatic rings. The van der Waals surface area contributed by atoms with Crippen LogP contribution in [-0.2, 0) is 14.8 Å². The van der Waals surface area contributed by atoms with Gasteiger partial charge in [-0.25, -0.2) is 8.42 Å². The van der Waals surface area contributed by atoms with Gasteiger partial charge in [0.25, 0.3) is 0 Å². The topological polar surface area (TPSA) is 60.9 Å². The lowest BCUT2D eigenvalue weighted by atomic mass is 9.97. The van der Waals surface area contributed by atoms with Crippen LogP contribution in [0.3, 0.4) is 0 Å². The van der Waals surface area contributed by atoms with E-state index in [0.29, 0.717) is 31.0 Å². The normalized spacial score (nSPS) is 20.2. The van der Waals surface area contributed by atoms with E-state index in [4.69, 9.17) is 0 Å². The van der Waals surface area contributed by atoms with Crippen molar-refractivity contribution in [2.24, 2.45) is 5.92 Å². The minimum Gasteiger partial charge on any atom is -0.368 e. The average molecular weight is 464 g/mol. The Morgan fingerprint density at radius 2 is 1.48 bits per heavy atom. The van der Waals surface area contributed by atoms with Gasteiger partial charge in [-0.15, -0.1) is 0 Å². The number of piperidine rings is 1. The molecule has 2 aliphatic heterocycles. The SMILES string of the molecule is O=C([C@@H]1CCCN(S(=O)(=O)c2ccc3ccccc3c2)C1)N1CCN(c2ccccc2)CC1. The molecule has 6 nitrogen and oxygen atoms in total. The van der Waals surface area contributed by atoms with Gasteiger partial charge in [-0.2, -0.15) is 4.31 Å². The van der Waals surface area contributed by atoms with Crippen LogP contribution >= 0.6 is 0 Å². The quantitative estimate of drug-likeness (QED) is 0.593. The Morgan fingerprint density at radius 1 is 0.788 bits per heavy atom. The molecule has 1 amide bonds. The third kappa shape index (κ3) is 4.48. The van der Waals surface area contributed by atoms with Crippen molar-refractivity contribution >= 4 is 32.4 Å². The number of piperazine rings is 1. The lowest BCUT2D eigenvalue weighted by Gasteiger charge is -2.39. The van der Waals surface area contributed by atoms with Crippen LogP contribution < -0.4 is 4.90 Å². The fraction of sp³-hybridized carbons (Fsp3) is 0.346. The molecule has 0 aliphatic carbocycles. The van der Waals surface area contributed by atoms with Gasteiger partial charge in [0.1, 0.15) is 0 Å². The van der Waals surface area contributed by atoms with E-state index in [-0.39, 0.29) is 18.4 Å². The molecule has 0 saturated carbocycles. The Hall–Kier alpha value is -2.90. The minimum absolute atomic E-state index is 0.0844. The van der Waals surface area contributed by atoms with Gasteiger partial charge < -0.3 is 9.80 Å². The Bertz CT molecular complexity index is 1240. The van der Waals surface area contributed by atoms with E-state index >= 15 is 0 Å². The van der Waals surface area contributed by atoms with Crippen LogP contribution in [0.5, 0.6) is 0 Å². The number of sulfonamides is 1. The number of carbonyl (C=O) groups is 1. The smallest absolute Gasteiger partial charge is 0.243 e. The maximum Gasteiger partial charge on any atom is 0.243 e. The molecule has 3 aromatic carbocycles. The molecule has 2 fully saturated rings. The number of amides is 1. The summed E-state index contributed by atoms with van der Waals surface area (Å²) in [5.41, 5.74) is 1.18. The zero-order valence-corrected chi connectivity index (χ0v) is 19.5. The van der Waals surface area contributed by atoms with E-state index in [1.54, 1.807) is 12.1 Å². The Morgan fingerprint density at radius 3 is 2.24 bits per heavy atom. The van der Waals surface area contributed by atoms with Crippen molar-refractivity contribution in [3.8, 4) is 0 Å². The van der Waals surface area contributed by atoms with Crippen molar-refractivity contribution < 1.29 is 13.2 Å². The molecule has 3 aromatic rings. The highest BCUT2D eigenvalue weighted by Crippen LogP contribution is 2.27. The second-order valence-electron chi connectivity index (χ2n) is 8.86. The van der Waals surface area contributed by atoms with Crippen LogP contribution in [0.1, 0.15) is 12.8 Å². The summed E-state index contributed by atoms with van der Waals surface area (Å²) in [5, 5.41) is 1.91. The standard InChI is InChI=1S/C26H29N3O3S/c30-26(28-17-15-27(16-18-28)24-10-2-1-3-11-24)23-9-6-14-29(20-23)33(31,32)25-13-12-21-7-4-5-8-22(21)19-25/h1-5,7-8,10-13,19,23H,6,9,14-18,20H2/t23-/m1/s1. The van der Waals surface area contributed by atoms with Crippen LogP contribution in [0.2, 0.25) is 0 Å². The van der Waals surface area contributed by atoms with Gasteiger partial charge in [-0.05, 0) is 47.9 Å². The molecule has 0 unspecified atom stereocenters. The number of para-hydroxylation sites is 1. The summed E-state index contributed by atoms with van der Waals surface area (Å²) in [6.07, 6.45) is 1.44. The number of benzene rings is 3. The summed E-state index contributed by atoms with van der Waals surface area (Å²) < 4.78 is 28.2. The third-order valence-corrected chi connectivity index (χ3v) is 8.67. The van der Waals surface area contributed by atoms with E-state index < -0.39 is 10.0 Å². The molecule has 0 N–H and O–H groups in total. The predicted molar refractivity (Wildman–Crippen MR) is 131 cm³/mol. The van der Waals surface area contributed by atoms with E-state index in [0.717, 1.165) is 30.3 Å². The van der Waals surface area contributed by atoms with E-state index in [1.807, 2.05) is 53.4 Å². The zero-order chi connectivity index (χ0) is 22.8. The molecule has 33 heavy (non-hydrogen) atoms. The van der Waals surface area contributed by atoms with Gasteiger partial charge in [-0.1, -0.05) is 48.5 Å². The van der Waals surface area contributed by atoms with Crippen LogP contribution in [0.25, 0.3) is 10.8 Å². The molecule has 172 valence electrons. The molecule has 0 spiro atoms. The van der Waals surface area contributed by atoms with Gasteiger partial charge in [0.2, 0.25) is 15.9 Å². The van der Waals surface area contributed by atoms with Crippen molar-refractivity contribution in [3.63, 3.8) is 0 Å². The van der Waals surface area contributed by atoms with E-state index in [1.165, 1.54) is 9.99 Å². The Kier molecular flexibility index (Phi) is 6.08. The molecular formula is C26H29N3O3S. The molecule has 7 heteroatoms. The van der Waals surface area contributed by atoms with Gasteiger partial charge in [0, 0.05) is 45.0 Å². The lowest BCUT2D eigenvalue weighted by Crippen LogP contribution is -2.53. The molecule has 5 rings (SSSR count). The number of anilines is 1. The number of carbonyl (C=O) groups excluding carboxylic acids is 1. The largest absolute Gasteiger partial charge is 0.368 e. The molecule has 0 aromatic heterocycles. The third-order valence-electron chi connectivity index (χ3n) is 6.80. The fourth-order valence-electron chi connectivity index (χ4n) is 4.92. The monoisotopic (exact) mass is 463 g/mol. The second-order valence-corrected chi connectivity index (χ2v) is 10.8. The second kappa shape index (κ2) is 9.15. The summed E-state index contributed by atoms with van der Waals surface area (Å²) in [6.45, 7) is 3.64. The van der Waals surface area contributed by atoms with Gasteiger partial charge in [0.05, 0.1) is 10.8 Å². The fourth-order valence-corrected chi connectivity index (χ4v) is 6.48. The summed E-state index contributed by atoms with van der Waals surface area (Å²) in [6, 6.07) is 23.2. The first-order valence-electron chi connectivity index (χ1n) is 11.6. The van der Waals surface area contributed by atoms with E-state index in [2.05, 4.69) is 17.0 Å². The molecule has 2 saturated heterocycles. The Labute approximate surface area is 195 Å². The van der Waals surface area contributed by atoms with Crippen LogP contribution in [-0.4, -0.2) is 62.8 Å². The maximum absolute atomic E-state index is 13.4. The van der Waals surface area contributed by atoms with Gasteiger partial charge >= 0.3 is 0 Å². The van der Waals surface area contributed by atoms with Gasteiger partial charge in [-0.3, -0.25) is 4.79 Å². The van der Waals surface area contributed by atoms with E-state index in [9.17, 15) is 13.2 Å². The number of fused-ring (bicyclic) bond motifs is 1. The van der Waals surface area contributed by atoms with Crippen molar-refractivity contribution in [1.82, 2.24) is 9.21 Å². The lowest BCUT2D eigenvalue weighted by molar-refractivity contribution is -0.137. The minimum atomic E-state index is -3.64. The zero-order valence-electron chi connectivity index (χ0n) is 18.6. The molecule has 2 heterocycles. The first-order valence-corrected chi connectivity index (χ1v) is 13.0. The van der Waals surface area contributed by atoms with Crippen molar-refractivity contribution in [3.05, 3.63) is 72.8 Å². The molecular weight excluding hydrogens is 434 g/mol. The van der Waals surface area contributed by atoms with Crippen LogP contribution in [0.15, 0.2) is 77.7 Å². The van der Waals surface area contributed by atoms with Crippen molar-refractivity contribution in [1.29, 1.82) is 0 Å². The molecule has 1 atom stereocenters.